The number of nitrogens with zero attached hydrogens (tertiary/aromatic N) is 1. The summed E-state index contributed by atoms with van der Waals surface area (Å²) < 4.78 is 5.17. The Morgan fingerprint density at radius 2 is 1.74 bits per heavy atom. The van der Waals surface area contributed by atoms with Gasteiger partial charge in [0.15, 0.2) is 11.5 Å². The number of hydrogen-bond donors (Lipinski definition) is 3. The van der Waals surface area contributed by atoms with Crippen molar-refractivity contribution in [1.82, 2.24) is 10.3 Å². The van der Waals surface area contributed by atoms with Crippen LogP contribution in [0.15, 0.2) is 66.9 Å². The van der Waals surface area contributed by atoms with Crippen LogP contribution in [0.5, 0.6) is 11.5 Å². The number of anilines is 1. The summed E-state index contributed by atoms with van der Waals surface area (Å²) in [7, 11) is 1.56. The summed E-state index contributed by atoms with van der Waals surface area (Å²) in [5.41, 5.74) is 8.16. The van der Waals surface area contributed by atoms with Crippen LogP contribution in [0.4, 0.5) is 5.69 Å². The van der Waals surface area contributed by atoms with E-state index in [2.05, 4.69) is 65.9 Å². The zero-order valence-electron chi connectivity index (χ0n) is 20.2. The summed E-state index contributed by atoms with van der Waals surface area (Å²) in [5, 5.41) is 18.3. The molecule has 3 aromatic carbocycles. The molecule has 0 spiro atoms. The molecule has 5 nitrogen and oxygen atoms in total. The molecule has 0 atom stereocenters. The Hall–Kier alpha value is -3.57. The number of ether oxygens (including phenoxy) is 1. The number of aromatic nitrogens is 1. The largest absolute Gasteiger partial charge is 0.504 e. The number of benzene rings is 3. The van der Waals surface area contributed by atoms with Gasteiger partial charge in [-0.3, -0.25) is 4.98 Å². The van der Waals surface area contributed by atoms with E-state index in [4.69, 9.17) is 4.74 Å². The third-order valence-electron chi connectivity index (χ3n) is 5.96. The molecule has 176 valence electrons. The van der Waals surface area contributed by atoms with Crippen molar-refractivity contribution in [1.29, 1.82) is 0 Å². The van der Waals surface area contributed by atoms with E-state index in [0.717, 1.165) is 48.1 Å². The average molecular weight is 456 g/mol. The third-order valence-corrected chi connectivity index (χ3v) is 5.96. The van der Waals surface area contributed by atoms with Gasteiger partial charge in [0.25, 0.3) is 0 Å². The van der Waals surface area contributed by atoms with Crippen LogP contribution in [-0.4, -0.2) is 30.3 Å². The number of phenols is 1. The predicted molar refractivity (Wildman–Crippen MR) is 140 cm³/mol. The molecule has 0 radical (unpaired) electrons. The van der Waals surface area contributed by atoms with Gasteiger partial charge in [0, 0.05) is 35.9 Å². The fourth-order valence-corrected chi connectivity index (χ4v) is 4.40. The SMILES string of the molecule is COc1cccc(CNCCCNc2ccnc3cc(Cc4cc(C)cc(C)c4)ccc23)c1O. The van der Waals surface area contributed by atoms with Crippen molar-refractivity contribution in [2.24, 2.45) is 0 Å². The Morgan fingerprint density at radius 1 is 0.912 bits per heavy atom. The summed E-state index contributed by atoms with van der Waals surface area (Å²) >= 11 is 0. The maximum absolute atomic E-state index is 10.2. The molecule has 0 bridgehead atoms. The zero-order chi connectivity index (χ0) is 23.9. The molecule has 4 rings (SSSR count). The minimum absolute atomic E-state index is 0.204. The highest BCUT2D eigenvalue weighted by Gasteiger charge is 2.07. The molecule has 0 amide bonds. The maximum atomic E-state index is 10.2. The molecule has 0 aliphatic heterocycles. The molecular weight excluding hydrogens is 422 g/mol. The second-order valence-electron chi connectivity index (χ2n) is 8.81. The van der Waals surface area contributed by atoms with Crippen LogP contribution in [0, 0.1) is 13.8 Å². The summed E-state index contributed by atoms with van der Waals surface area (Å²) in [6, 6.07) is 20.9. The highest BCUT2D eigenvalue weighted by Crippen LogP contribution is 2.29. The van der Waals surface area contributed by atoms with Gasteiger partial charge in [0.2, 0.25) is 0 Å². The van der Waals surface area contributed by atoms with E-state index in [1.807, 2.05) is 24.4 Å². The first-order chi connectivity index (χ1) is 16.5. The second kappa shape index (κ2) is 11.0. The summed E-state index contributed by atoms with van der Waals surface area (Å²) in [6.07, 6.45) is 3.74. The van der Waals surface area contributed by atoms with Gasteiger partial charge in [-0.15, -0.1) is 0 Å². The topological polar surface area (TPSA) is 66.4 Å². The number of nitrogens with one attached hydrogen (secondary N) is 2. The fraction of sp³-hybridized carbons (Fsp3) is 0.276. The van der Waals surface area contributed by atoms with Crippen LogP contribution in [0.25, 0.3) is 10.9 Å². The minimum Gasteiger partial charge on any atom is -0.504 e. The lowest BCUT2D eigenvalue weighted by atomic mass is 9.99. The number of rotatable bonds is 10. The molecule has 34 heavy (non-hydrogen) atoms. The Labute approximate surface area is 201 Å². The number of phenolic OH excluding ortho intramolecular Hbond substituents is 1. The standard InChI is InChI=1S/C29H33N3O2/c1-20-14-21(2)16-23(15-20)17-22-8-9-25-26(10-13-32-27(25)18-22)31-12-5-11-30-19-24-6-4-7-28(34-3)29(24)33/h4,6-10,13-16,18,30,33H,5,11-12,17,19H2,1-3H3,(H,31,32). The van der Waals surface area contributed by atoms with E-state index in [0.29, 0.717) is 12.3 Å². The Morgan fingerprint density at radius 3 is 2.53 bits per heavy atom. The van der Waals surface area contributed by atoms with Crippen molar-refractivity contribution in [3.05, 3.63) is 94.7 Å². The van der Waals surface area contributed by atoms with Gasteiger partial charge in [0.1, 0.15) is 0 Å². The van der Waals surface area contributed by atoms with Crippen LogP contribution < -0.4 is 15.4 Å². The Balaban J connectivity index is 1.31. The molecule has 4 aromatic rings. The van der Waals surface area contributed by atoms with Gasteiger partial charge in [0.05, 0.1) is 12.6 Å². The molecule has 0 saturated carbocycles. The number of aromatic hydroxyl groups is 1. The second-order valence-corrected chi connectivity index (χ2v) is 8.81. The molecule has 5 heteroatoms. The van der Waals surface area contributed by atoms with Crippen molar-refractivity contribution in [3.63, 3.8) is 0 Å². The summed E-state index contributed by atoms with van der Waals surface area (Å²) in [5.74, 6) is 0.707. The first-order valence-corrected chi connectivity index (χ1v) is 11.8. The van der Waals surface area contributed by atoms with Crippen molar-refractivity contribution >= 4 is 16.6 Å². The van der Waals surface area contributed by atoms with Gasteiger partial charge in [-0.25, -0.2) is 0 Å². The number of fused-ring (bicyclic) bond motifs is 1. The number of hydrogen-bond acceptors (Lipinski definition) is 5. The van der Waals surface area contributed by atoms with Gasteiger partial charge in [-0.2, -0.15) is 0 Å². The Kier molecular flexibility index (Phi) is 7.65. The van der Waals surface area contributed by atoms with E-state index in [9.17, 15) is 5.11 Å². The van der Waals surface area contributed by atoms with E-state index in [-0.39, 0.29) is 5.75 Å². The van der Waals surface area contributed by atoms with Crippen LogP contribution >= 0.6 is 0 Å². The minimum atomic E-state index is 0.204. The molecule has 1 aromatic heterocycles. The van der Waals surface area contributed by atoms with Crippen LogP contribution in [0.3, 0.4) is 0 Å². The highest BCUT2D eigenvalue weighted by atomic mass is 16.5. The first-order valence-electron chi connectivity index (χ1n) is 11.8. The molecule has 0 aliphatic carbocycles. The van der Waals surface area contributed by atoms with Crippen LogP contribution in [0.1, 0.15) is 34.2 Å². The lowest BCUT2D eigenvalue weighted by molar-refractivity contribution is 0.369. The smallest absolute Gasteiger partial charge is 0.162 e. The normalized spacial score (nSPS) is 11.0. The number of methoxy groups -OCH3 is 1. The monoisotopic (exact) mass is 455 g/mol. The molecule has 3 N–H and O–H groups in total. The van der Waals surface area contributed by atoms with Crippen molar-refractivity contribution in [2.45, 2.75) is 33.2 Å². The lowest BCUT2D eigenvalue weighted by Gasteiger charge is -2.12. The molecular formula is C29H33N3O2. The summed E-state index contributed by atoms with van der Waals surface area (Å²) in [6.45, 7) is 6.58. The van der Waals surface area contributed by atoms with Crippen molar-refractivity contribution in [2.75, 3.05) is 25.5 Å². The summed E-state index contributed by atoms with van der Waals surface area (Å²) in [4.78, 5) is 4.61. The first kappa shape index (κ1) is 23.6. The van der Waals surface area contributed by atoms with E-state index in [1.54, 1.807) is 13.2 Å². The number of para-hydroxylation sites is 1. The predicted octanol–water partition coefficient (Wildman–Crippen LogP) is 5.75. The van der Waals surface area contributed by atoms with Crippen LogP contribution in [0.2, 0.25) is 0 Å². The Bertz CT molecular complexity index is 1250. The van der Waals surface area contributed by atoms with E-state index >= 15 is 0 Å². The van der Waals surface area contributed by atoms with Crippen LogP contribution in [-0.2, 0) is 13.0 Å². The third kappa shape index (κ3) is 5.86. The fourth-order valence-electron chi connectivity index (χ4n) is 4.40. The van der Waals surface area contributed by atoms with Crippen molar-refractivity contribution in [3.8, 4) is 11.5 Å². The van der Waals surface area contributed by atoms with Gasteiger partial charge >= 0.3 is 0 Å². The van der Waals surface area contributed by atoms with Gasteiger partial charge in [-0.05, 0) is 62.6 Å². The highest BCUT2D eigenvalue weighted by molar-refractivity contribution is 5.91. The van der Waals surface area contributed by atoms with E-state index < -0.39 is 0 Å². The molecule has 0 unspecified atom stereocenters. The average Bonchev–Trinajstić information content (AvgIpc) is 2.81. The molecule has 0 fully saturated rings. The number of aryl methyl sites for hydroxylation is 2. The van der Waals surface area contributed by atoms with Gasteiger partial charge in [-0.1, -0.05) is 53.6 Å². The number of pyridine rings is 1. The quantitative estimate of drug-likeness (QED) is 0.266. The molecule has 1 heterocycles. The van der Waals surface area contributed by atoms with Crippen molar-refractivity contribution < 1.29 is 9.84 Å². The maximum Gasteiger partial charge on any atom is 0.162 e. The lowest BCUT2D eigenvalue weighted by Crippen LogP contribution is -2.17. The zero-order valence-corrected chi connectivity index (χ0v) is 20.2. The molecule has 0 saturated heterocycles. The van der Waals surface area contributed by atoms with Gasteiger partial charge < -0.3 is 20.5 Å². The molecule has 0 aliphatic rings. The van der Waals surface area contributed by atoms with E-state index in [1.165, 1.54) is 22.3 Å².